The van der Waals surface area contributed by atoms with Crippen molar-refractivity contribution in [1.29, 1.82) is 0 Å². The van der Waals surface area contributed by atoms with E-state index < -0.39 is 23.4 Å². The molecule has 1 unspecified atom stereocenters. The first kappa shape index (κ1) is 18.5. The van der Waals surface area contributed by atoms with Crippen molar-refractivity contribution in [1.82, 2.24) is 14.3 Å². The van der Waals surface area contributed by atoms with Crippen LogP contribution >= 0.6 is 0 Å². The maximum absolute atomic E-state index is 12.9. The number of imidazole rings is 1. The Morgan fingerprint density at radius 2 is 1.92 bits per heavy atom. The van der Waals surface area contributed by atoms with E-state index in [0.29, 0.717) is 24.3 Å². The molecular weight excluding hydrogens is 347 g/mol. The van der Waals surface area contributed by atoms with E-state index in [0.717, 1.165) is 25.1 Å². The molecule has 0 radical (unpaired) electrons. The number of hydrogen-bond acceptors (Lipinski definition) is 3. The summed E-state index contributed by atoms with van der Waals surface area (Å²) in [6.07, 6.45) is 0.244. The normalized spacial score (nSPS) is 19.0. The summed E-state index contributed by atoms with van der Waals surface area (Å²) < 4.78 is 45.5. The van der Waals surface area contributed by atoms with Crippen molar-refractivity contribution in [2.45, 2.75) is 57.9 Å². The molecule has 26 heavy (non-hydrogen) atoms. The number of rotatable bonds is 1. The van der Waals surface area contributed by atoms with Gasteiger partial charge in [-0.1, -0.05) is 0 Å². The van der Waals surface area contributed by atoms with Gasteiger partial charge in [-0.2, -0.15) is 13.2 Å². The van der Waals surface area contributed by atoms with Gasteiger partial charge in [-0.15, -0.1) is 0 Å². The van der Waals surface area contributed by atoms with E-state index in [1.165, 1.54) is 10.5 Å². The lowest BCUT2D eigenvalue weighted by atomic mass is 10.0. The van der Waals surface area contributed by atoms with E-state index in [4.69, 9.17) is 4.74 Å². The number of amides is 1. The predicted molar refractivity (Wildman–Crippen MR) is 89.7 cm³/mol. The van der Waals surface area contributed by atoms with E-state index in [1.54, 1.807) is 31.9 Å². The van der Waals surface area contributed by atoms with Crippen LogP contribution in [0.5, 0.6) is 0 Å². The largest absolute Gasteiger partial charge is 0.444 e. The summed E-state index contributed by atoms with van der Waals surface area (Å²) in [6.45, 7) is 5.94. The van der Waals surface area contributed by atoms with Crippen molar-refractivity contribution >= 4 is 11.7 Å². The number of halogens is 3. The molecule has 0 saturated carbocycles. The average molecular weight is 369 g/mol. The maximum atomic E-state index is 12.9. The fraction of sp³-hybridized carbons (Fsp3) is 0.556. The topological polar surface area (TPSA) is 46.8 Å². The second kappa shape index (κ2) is 6.48. The molecule has 1 saturated heterocycles. The van der Waals surface area contributed by atoms with Crippen LogP contribution in [0.4, 0.5) is 18.0 Å². The van der Waals surface area contributed by atoms with E-state index in [1.807, 2.05) is 0 Å². The lowest BCUT2D eigenvalue weighted by Crippen LogP contribution is -2.42. The standard InChI is InChI=1S/C18H22F3N3O2/c1-17(2,3)26-16(25)24-9-5-4-6-14(24)13-11-23-10-12(18(19,20)21)7-8-15(23)22-13/h7-8,10-11,14H,4-6,9H2,1-3H3. The van der Waals surface area contributed by atoms with Gasteiger partial charge in [0.2, 0.25) is 0 Å². The second-order valence-electron chi connectivity index (χ2n) is 7.53. The predicted octanol–water partition coefficient (Wildman–Crippen LogP) is 4.82. The van der Waals surface area contributed by atoms with Crippen molar-refractivity contribution in [3.63, 3.8) is 0 Å². The highest BCUT2D eigenvalue weighted by Gasteiger charge is 2.34. The monoisotopic (exact) mass is 369 g/mol. The molecule has 0 spiro atoms. The van der Waals surface area contributed by atoms with Crippen LogP contribution in [-0.2, 0) is 10.9 Å². The van der Waals surface area contributed by atoms with Crippen LogP contribution in [0.15, 0.2) is 24.5 Å². The highest BCUT2D eigenvalue weighted by atomic mass is 19.4. The Kier molecular flexibility index (Phi) is 4.62. The number of carbonyl (C=O) groups excluding carboxylic acids is 1. The van der Waals surface area contributed by atoms with Gasteiger partial charge in [0.25, 0.3) is 0 Å². The van der Waals surface area contributed by atoms with Crippen LogP contribution in [0.1, 0.15) is 57.3 Å². The molecule has 1 fully saturated rings. The van der Waals surface area contributed by atoms with Crippen LogP contribution in [0.3, 0.4) is 0 Å². The molecule has 5 nitrogen and oxygen atoms in total. The third kappa shape index (κ3) is 3.94. The lowest BCUT2D eigenvalue weighted by Gasteiger charge is -2.35. The number of aromatic nitrogens is 2. The summed E-state index contributed by atoms with van der Waals surface area (Å²) in [5.41, 5.74) is -0.348. The van der Waals surface area contributed by atoms with Crippen LogP contribution in [0, 0.1) is 0 Å². The molecule has 2 aromatic heterocycles. The minimum atomic E-state index is -4.41. The Bertz CT molecular complexity index is 808. The lowest BCUT2D eigenvalue weighted by molar-refractivity contribution is -0.137. The zero-order valence-electron chi connectivity index (χ0n) is 15.0. The third-order valence-electron chi connectivity index (χ3n) is 4.27. The van der Waals surface area contributed by atoms with Crippen molar-refractivity contribution in [2.24, 2.45) is 0 Å². The minimum Gasteiger partial charge on any atom is -0.444 e. The number of pyridine rings is 1. The minimum absolute atomic E-state index is 0.298. The first-order valence-corrected chi connectivity index (χ1v) is 8.60. The zero-order valence-corrected chi connectivity index (χ0v) is 15.0. The highest BCUT2D eigenvalue weighted by Crippen LogP contribution is 2.33. The Balaban J connectivity index is 1.91. The number of hydrogen-bond donors (Lipinski definition) is 0. The highest BCUT2D eigenvalue weighted by molar-refractivity contribution is 5.69. The van der Waals surface area contributed by atoms with E-state index in [9.17, 15) is 18.0 Å². The van der Waals surface area contributed by atoms with Crippen molar-refractivity contribution in [2.75, 3.05) is 6.54 Å². The molecular formula is C18H22F3N3O2. The van der Waals surface area contributed by atoms with Gasteiger partial charge in [0.1, 0.15) is 11.2 Å². The first-order chi connectivity index (χ1) is 12.0. The molecule has 1 aliphatic heterocycles. The summed E-state index contributed by atoms with van der Waals surface area (Å²) in [4.78, 5) is 18.6. The van der Waals surface area contributed by atoms with Crippen molar-refractivity contribution in [3.05, 3.63) is 35.8 Å². The van der Waals surface area contributed by atoms with Crippen LogP contribution < -0.4 is 0 Å². The smallest absolute Gasteiger partial charge is 0.417 e. The number of nitrogens with zero attached hydrogens (tertiary/aromatic N) is 3. The second-order valence-corrected chi connectivity index (χ2v) is 7.53. The van der Waals surface area contributed by atoms with Gasteiger partial charge in [0.05, 0.1) is 17.3 Å². The molecule has 142 valence electrons. The quantitative estimate of drug-likeness (QED) is 0.724. The molecule has 1 aliphatic rings. The SMILES string of the molecule is CC(C)(C)OC(=O)N1CCCCC1c1cn2cc(C(F)(F)F)ccc2n1. The van der Waals surface area contributed by atoms with Crippen LogP contribution in [0.2, 0.25) is 0 Å². The van der Waals surface area contributed by atoms with Gasteiger partial charge in [0.15, 0.2) is 0 Å². The van der Waals surface area contributed by atoms with Crippen LogP contribution in [-0.4, -0.2) is 32.5 Å². The van der Waals surface area contributed by atoms with E-state index in [-0.39, 0.29) is 6.04 Å². The number of fused-ring (bicyclic) bond motifs is 1. The van der Waals surface area contributed by atoms with Gasteiger partial charge in [-0.3, -0.25) is 4.90 Å². The van der Waals surface area contributed by atoms with Gasteiger partial charge in [-0.05, 0) is 52.2 Å². The van der Waals surface area contributed by atoms with Crippen molar-refractivity contribution in [3.8, 4) is 0 Å². The zero-order chi connectivity index (χ0) is 19.1. The molecule has 8 heteroatoms. The summed E-state index contributed by atoms with van der Waals surface area (Å²) in [5.74, 6) is 0. The number of alkyl halides is 3. The fourth-order valence-corrected chi connectivity index (χ4v) is 3.12. The Labute approximate surface area is 149 Å². The van der Waals surface area contributed by atoms with Crippen molar-refractivity contribution < 1.29 is 22.7 Å². The third-order valence-corrected chi connectivity index (χ3v) is 4.27. The summed E-state index contributed by atoms with van der Waals surface area (Å²) >= 11 is 0. The fourth-order valence-electron chi connectivity index (χ4n) is 3.12. The molecule has 0 aromatic carbocycles. The first-order valence-electron chi connectivity index (χ1n) is 8.60. The van der Waals surface area contributed by atoms with Gasteiger partial charge < -0.3 is 9.14 Å². The summed E-state index contributed by atoms with van der Waals surface area (Å²) in [6, 6.07) is 2.05. The van der Waals surface area contributed by atoms with Gasteiger partial charge in [-0.25, -0.2) is 9.78 Å². The molecule has 0 N–H and O–H groups in total. The molecule has 3 heterocycles. The Hall–Kier alpha value is -2.25. The maximum Gasteiger partial charge on any atom is 0.417 e. The molecule has 1 amide bonds. The van der Waals surface area contributed by atoms with E-state index in [2.05, 4.69) is 4.98 Å². The molecule has 3 rings (SSSR count). The summed E-state index contributed by atoms with van der Waals surface area (Å²) in [5, 5.41) is 0. The summed E-state index contributed by atoms with van der Waals surface area (Å²) in [7, 11) is 0. The number of likely N-dealkylation sites (tertiary alicyclic amines) is 1. The van der Waals surface area contributed by atoms with Gasteiger partial charge in [0, 0.05) is 18.9 Å². The Morgan fingerprint density at radius 1 is 1.19 bits per heavy atom. The Morgan fingerprint density at radius 3 is 2.58 bits per heavy atom. The number of carbonyl (C=O) groups is 1. The number of ether oxygens (including phenoxy) is 1. The molecule has 0 aliphatic carbocycles. The van der Waals surface area contributed by atoms with Crippen LogP contribution in [0.25, 0.3) is 5.65 Å². The molecule has 1 atom stereocenters. The number of piperidine rings is 1. The van der Waals surface area contributed by atoms with E-state index >= 15 is 0 Å². The van der Waals surface area contributed by atoms with Gasteiger partial charge >= 0.3 is 12.3 Å². The molecule has 0 bridgehead atoms. The molecule has 2 aromatic rings. The average Bonchev–Trinajstić information content (AvgIpc) is 2.95.